The Labute approximate surface area is 144 Å². The minimum Gasteiger partial charge on any atom is -0.466 e. The van der Waals surface area contributed by atoms with Crippen molar-refractivity contribution < 1.29 is 19.4 Å². The Kier molecular flexibility index (Phi) is 6.54. The zero-order valence-corrected chi connectivity index (χ0v) is 14.4. The highest BCUT2D eigenvalue weighted by molar-refractivity contribution is 5.91. The van der Waals surface area contributed by atoms with Gasteiger partial charge in [-0.3, -0.25) is 30.4 Å². The maximum absolute atomic E-state index is 11.6. The minimum absolute atomic E-state index is 0.0156. The highest BCUT2D eigenvalue weighted by Crippen LogP contribution is 2.30. The number of carbonyl (C=O) groups excluding carboxylic acids is 1. The molecule has 0 aliphatic rings. The molecule has 0 amide bonds. The van der Waals surface area contributed by atoms with Gasteiger partial charge < -0.3 is 4.74 Å². The topological polar surface area (TPSA) is 137 Å². The lowest BCUT2D eigenvalue weighted by Gasteiger charge is -2.23. The van der Waals surface area contributed by atoms with Crippen molar-refractivity contribution in [1.82, 2.24) is 0 Å². The van der Waals surface area contributed by atoms with Gasteiger partial charge in [-0.15, -0.1) is 0 Å². The van der Waals surface area contributed by atoms with E-state index in [1.807, 2.05) is 0 Å². The van der Waals surface area contributed by atoms with Crippen LogP contribution in [0.4, 0.5) is 17.1 Å². The van der Waals surface area contributed by atoms with Crippen molar-refractivity contribution in [2.75, 3.05) is 12.0 Å². The Balaban J connectivity index is 3.01. The van der Waals surface area contributed by atoms with Crippen LogP contribution in [-0.2, 0) is 9.53 Å². The third-order valence-electron chi connectivity index (χ3n) is 3.60. The summed E-state index contributed by atoms with van der Waals surface area (Å²) < 4.78 is 4.91. The fraction of sp³-hybridized carbons (Fsp3) is 0.467. The van der Waals surface area contributed by atoms with Gasteiger partial charge in [0, 0.05) is 17.2 Å². The summed E-state index contributed by atoms with van der Waals surface area (Å²) in [6, 6.07) is 3.21. The molecule has 25 heavy (non-hydrogen) atoms. The van der Waals surface area contributed by atoms with Crippen molar-refractivity contribution in [3.05, 3.63) is 38.4 Å². The normalized spacial score (nSPS) is 11.8. The second kappa shape index (κ2) is 8.18. The monoisotopic (exact) mass is 352 g/mol. The largest absolute Gasteiger partial charge is 0.466 e. The first-order valence-corrected chi connectivity index (χ1v) is 7.47. The maximum Gasteiger partial charge on any atom is 0.306 e. The van der Waals surface area contributed by atoms with E-state index in [1.165, 1.54) is 6.07 Å². The van der Waals surface area contributed by atoms with Crippen molar-refractivity contribution in [2.24, 2.45) is 10.5 Å². The molecule has 0 saturated carbocycles. The van der Waals surface area contributed by atoms with E-state index in [0.717, 1.165) is 12.1 Å². The predicted octanol–water partition coefficient (Wildman–Crippen LogP) is 3.27. The molecule has 0 heterocycles. The average molecular weight is 352 g/mol. The van der Waals surface area contributed by atoms with Crippen molar-refractivity contribution in [2.45, 2.75) is 34.1 Å². The number of carbonyl (C=O) groups is 1. The molecule has 0 atom stereocenters. The molecule has 0 aliphatic heterocycles. The molecule has 0 bridgehead atoms. The molecule has 136 valence electrons. The number of rotatable bonds is 8. The number of hydrogen-bond acceptors (Lipinski definition) is 8. The third kappa shape index (κ3) is 5.52. The van der Waals surface area contributed by atoms with E-state index in [-0.39, 0.29) is 30.4 Å². The summed E-state index contributed by atoms with van der Waals surface area (Å²) in [7, 11) is 0. The molecule has 10 heteroatoms. The smallest absolute Gasteiger partial charge is 0.306 e. The number of esters is 1. The van der Waals surface area contributed by atoms with Gasteiger partial charge in [-0.1, -0.05) is 13.8 Å². The number of nitrogens with zero attached hydrogens (tertiary/aromatic N) is 3. The predicted molar refractivity (Wildman–Crippen MR) is 91.5 cm³/mol. The summed E-state index contributed by atoms with van der Waals surface area (Å²) in [5.41, 5.74) is 1.60. The number of anilines is 1. The zero-order valence-electron chi connectivity index (χ0n) is 14.4. The van der Waals surface area contributed by atoms with Gasteiger partial charge in [0.25, 0.3) is 5.69 Å². The first-order valence-electron chi connectivity index (χ1n) is 7.47. The van der Waals surface area contributed by atoms with Crippen molar-refractivity contribution in [3.8, 4) is 0 Å². The van der Waals surface area contributed by atoms with E-state index in [2.05, 4.69) is 10.5 Å². The molecule has 1 rings (SSSR count). The van der Waals surface area contributed by atoms with Crippen LogP contribution in [0.25, 0.3) is 0 Å². The fourth-order valence-corrected chi connectivity index (χ4v) is 1.88. The molecule has 10 nitrogen and oxygen atoms in total. The number of nitro groups is 2. The van der Waals surface area contributed by atoms with Gasteiger partial charge in [0.05, 0.1) is 28.9 Å². The van der Waals surface area contributed by atoms with Crippen molar-refractivity contribution in [1.29, 1.82) is 0 Å². The number of hydrogen-bond donors (Lipinski definition) is 1. The summed E-state index contributed by atoms with van der Waals surface area (Å²) in [6.07, 6.45) is 0.0974. The van der Waals surface area contributed by atoms with E-state index in [9.17, 15) is 25.0 Å². The van der Waals surface area contributed by atoms with Gasteiger partial charge >= 0.3 is 11.7 Å². The van der Waals surface area contributed by atoms with Gasteiger partial charge in [-0.25, -0.2) is 0 Å². The van der Waals surface area contributed by atoms with Crippen LogP contribution in [0.5, 0.6) is 0 Å². The summed E-state index contributed by atoms with van der Waals surface area (Å²) >= 11 is 0. The van der Waals surface area contributed by atoms with E-state index < -0.39 is 20.9 Å². The SMILES string of the molecule is CCOC(=O)CC(C)(C)/C(C)=N\Nc1ccc([N+](=O)[O-])cc1[N+](=O)[O-]. The second-order valence-electron chi connectivity index (χ2n) is 5.89. The van der Waals surface area contributed by atoms with Crippen LogP contribution in [-0.4, -0.2) is 28.1 Å². The number of hydrazone groups is 1. The van der Waals surface area contributed by atoms with E-state index >= 15 is 0 Å². The number of benzene rings is 1. The molecular formula is C15H20N4O6. The molecule has 0 aromatic heterocycles. The van der Waals surface area contributed by atoms with Gasteiger partial charge in [0.1, 0.15) is 5.69 Å². The van der Waals surface area contributed by atoms with Gasteiger partial charge in [0.2, 0.25) is 0 Å². The fourth-order valence-electron chi connectivity index (χ4n) is 1.88. The molecule has 0 radical (unpaired) electrons. The summed E-state index contributed by atoms with van der Waals surface area (Å²) in [5.74, 6) is -0.372. The maximum atomic E-state index is 11.6. The molecule has 1 aromatic carbocycles. The molecule has 1 aromatic rings. The lowest BCUT2D eigenvalue weighted by Crippen LogP contribution is -2.27. The Morgan fingerprint density at radius 3 is 2.44 bits per heavy atom. The lowest BCUT2D eigenvalue weighted by atomic mass is 9.85. The Morgan fingerprint density at radius 2 is 1.92 bits per heavy atom. The van der Waals surface area contributed by atoms with E-state index in [0.29, 0.717) is 5.71 Å². The van der Waals surface area contributed by atoms with E-state index in [4.69, 9.17) is 4.74 Å². The number of ether oxygens (including phenoxy) is 1. The third-order valence-corrected chi connectivity index (χ3v) is 3.60. The molecule has 0 aliphatic carbocycles. The number of non-ortho nitro benzene ring substituents is 1. The zero-order chi connectivity index (χ0) is 19.2. The average Bonchev–Trinajstić information content (AvgIpc) is 2.51. The molecule has 1 N–H and O–H groups in total. The van der Waals surface area contributed by atoms with Gasteiger partial charge in [-0.05, 0) is 19.9 Å². The summed E-state index contributed by atoms with van der Waals surface area (Å²) in [4.78, 5) is 32.0. The minimum atomic E-state index is -0.732. The second-order valence-corrected chi connectivity index (χ2v) is 5.89. The van der Waals surface area contributed by atoms with Gasteiger partial charge in [0.15, 0.2) is 0 Å². The molecule has 0 spiro atoms. The van der Waals surface area contributed by atoms with Crippen LogP contribution in [0, 0.1) is 25.6 Å². The molecular weight excluding hydrogens is 332 g/mol. The number of nitrogens with one attached hydrogen (secondary N) is 1. The molecule has 0 fully saturated rings. The van der Waals surface area contributed by atoms with Crippen molar-refractivity contribution >= 4 is 28.7 Å². The quantitative estimate of drug-likeness (QED) is 0.328. The molecule has 0 unspecified atom stereocenters. The van der Waals surface area contributed by atoms with Crippen LogP contribution in [0.2, 0.25) is 0 Å². The van der Waals surface area contributed by atoms with Crippen molar-refractivity contribution in [3.63, 3.8) is 0 Å². The van der Waals surface area contributed by atoms with Crippen LogP contribution in [0.1, 0.15) is 34.1 Å². The highest BCUT2D eigenvalue weighted by atomic mass is 16.6. The lowest BCUT2D eigenvalue weighted by molar-refractivity contribution is -0.393. The van der Waals surface area contributed by atoms with Crippen LogP contribution in [0.15, 0.2) is 23.3 Å². The highest BCUT2D eigenvalue weighted by Gasteiger charge is 2.27. The molecule has 0 saturated heterocycles. The van der Waals surface area contributed by atoms with Crippen LogP contribution < -0.4 is 5.43 Å². The summed E-state index contributed by atoms with van der Waals surface area (Å²) in [5, 5.41) is 25.9. The summed E-state index contributed by atoms with van der Waals surface area (Å²) in [6.45, 7) is 7.23. The number of nitro benzene ring substituents is 2. The van der Waals surface area contributed by atoms with Crippen LogP contribution in [0.3, 0.4) is 0 Å². The standard InChI is InChI=1S/C15H20N4O6/c1-5-25-14(20)9-15(3,4)10(2)16-17-12-7-6-11(18(21)22)8-13(12)19(23)24/h6-8,17H,5,9H2,1-4H3/b16-10-. The Bertz CT molecular complexity index is 714. The van der Waals surface area contributed by atoms with E-state index in [1.54, 1.807) is 27.7 Å². The van der Waals surface area contributed by atoms with Crippen LogP contribution >= 0.6 is 0 Å². The Hall–Kier alpha value is -3.04. The first-order chi connectivity index (χ1) is 11.6. The Morgan fingerprint density at radius 1 is 1.28 bits per heavy atom. The van der Waals surface area contributed by atoms with Gasteiger partial charge in [-0.2, -0.15) is 5.10 Å². The first kappa shape index (κ1) is 20.0.